The van der Waals surface area contributed by atoms with Crippen molar-refractivity contribution in [3.8, 4) is 5.75 Å². The van der Waals surface area contributed by atoms with E-state index in [1.165, 1.54) is 8.61 Å². The van der Waals surface area contributed by atoms with E-state index in [1.54, 1.807) is 19.2 Å². The third-order valence-corrected chi connectivity index (χ3v) is 5.46. The van der Waals surface area contributed by atoms with Crippen LogP contribution < -0.4 is 9.04 Å². The van der Waals surface area contributed by atoms with Gasteiger partial charge in [-0.2, -0.15) is 12.7 Å². The molecule has 2 aromatic carbocycles. The van der Waals surface area contributed by atoms with Crippen LogP contribution in [-0.4, -0.2) is 32.9 Å². The van der Waals surface area contributed by atoms with Gasteiger partial charge in [0.1, 0.15) is 12.4 Å². The molecule has 1 aliphatic heterocycles. The Labute approximate surface area is 130 Å². The quantitative estimate of drug-likeness (QED) is 0.869. The highest BCUT2D eigenvalue weighted by molar-refractivity contribution is 7.90. The van der Waals surface area contributed by atoms with E-state index >= 15 is 0 Å². The van der Waals surface area contributed by atoms with Gasteiger partial charge in [-0.05, 0) is 17.7 Å². The van der Waals surface area contributed by atoms with E-state index in [0.29, 0.717) is 31.1 Å². The molecule has 0 spiro atoms. The average Bonchev–Trinajstić information content (AvgIpc) is 2.55. The van der Waals surface area contributed by atoms with Crippen LogP contribution in [0.3, 0.4) is 0 Å². The standard InChI is InChI=1S/C16H18N2O3S/c1-17(13-14-7-3-2-4-8-14)22(19,20)18-11-12-21-16-10-6-5-9-15(16)18/h2-10H,11-13H2,1H3. The van der Waals surface area contributed by atoms with Gasteiger partial charge >= 0.3 is 10.2 Å². The molecule has 22 heavy (non-hydrogen) atoms. The minimum Gasteiger partial charge on any atom is -0.489 e. The minimum atomic E-state index is -3.59. The Morgan fingerprint density at radius 3 is 2.55 bits per heavy atom. The van der Waals surface area contributed by atoms with E-state index in [-0.39, 0.29) is 0 Å². The Balaban J connectivity index is 1.87. The summed E-state index contributed by atoms with van der Waals surface area (Å²) in [4.78, 5) is 0. The molecule has 0 atom stereocenters. The number of rotatable bonds is 4. The van der Waals surface area contributed by atoms with E-state index in [1.807, 2.05) is 42.5 Å². The van der Waals surface area contributed by atoms with E-state index in [0.717, 1.165) is 5.56 Å². The lowest BCUT2D eigenvalue weighted by Crippen LogP contribution is -2.45. The van der Waals surface area contributed by atoms with Gasteiger partial charge in [0.15, 0.2) is 0 Å². The van der Waals surface area contributed by atoms with Crippen LogP contribution in [0, 0.1) is 0 Å². The maximum absolute atomic E-state index is 12.8. The van der Waals surface area contributed by atoms with Crippen molar-refractivity contribution in [2.75, 3.05) is 24.5 Å². The monoisotopic (exact) mass is 318 g/mol. The van der Waals surface area contributed by atoms with Gasteiger partial charge in [0.2, 0.25) is 0 Å². The molecule has 0 fully saturated rings. The zero-order valence-corrected chi connectivity index (χ0v) is 13.2. The highest BCUT2D eigenvalue weighted by atomic mass is 32.2. The summed E-state index contributed by atoms with van der Waals surface area (Å²) in [6.07, 6.45) is 0. The zero-order valence-electron chi connectivity index (χ0n) is 12.3. The maximum atomic E-state index is 12.8. The van der Waals surface area contributed by atoms with Gasteiger partial charge in [0, 0.05) is 13.6 Å². The van der Waals surface area contributed by atoms with Crippen LogP contribution in [0.5, 0.6) is 5.75 Å². The van der Waals surface area contributed by atoms with Crippen LogP contribution in [-0.2, 0) is 16.8 Å². The van der Waals surface area contributed by atoms with Crippen LogP contribution >= 0.6 is 0 Å². The Morgan fingerprint density at radius 1 is 1.09 bits per heavy atom. The van der Waals surface area contributed by atoms with Crippen molar-refractivity contribution in [2.45, 2.75) is 6.54 Å². The molecule has 0 amide bonds. The number of ether oxygens (including phenoxy) is 1. The van der Waals surface area contributed by atoms with Gasteiger partial charge in [-0.3, -0.25) is 4.31 Å². The third-order valence-electron chi connectivity index (χ3n) is 3.61. The maximum Gasteiger partial charge on any atom is 0.304 e. The van der Waals surface area contributed by atoms with Crippen LogP contribution in [0.25, 0.3) is 0 Å². The number of fused-ring (bicyclic) bond motifs is 1. The molecule has 5 nitrogen and oxygen atoms in total. The van der Waals surface area contributed by atoms with Crippen molar-refractivity contribution in [2.24, 2.45) is 0 Å². The topological polar surface area (TPSA) is 49.9 Å². The molecule has 0 bridgehead atoms. The van der Waals surface area contributed by atoms with Crippen molar-refractivity contribution in [1.29, 1.82) is 0 Å². The molecule has 2 aromatic rings. The largest absolute Gasteiger partial charge is 0.489 e. The van der Waals surface area contributed by atoms with Crippen molar-refractivity contribution >= 4 is 15.9 Å². The Bertz CT molecular complexity index is 747. The SMILES string of the molecule is CN(Cc1ccccc1)S(=O)(=O)N1CCOc2ccccc21. The van der Waals surface area contributed by atoms with E-state index in [2.05, 4.69) is 0 Å². The summed E-state index contributed by atoms with van der Waals surface area (Å²) in [7, 11) is -1.99. The zero-order chi connectivity index (χ0) is 15.6. The molecule has 6 heteroatoms. The van der Waals surface area contributed by atoms with Gasteiger partial charge in [-0.15, -0.1) is 0 Å². The van der Waals surface area contributed by atoms with E-state index in [4.69, 9.17) is 4.74 Å². The molecular formula is C16H18N2O3S. The molecule has 0 N–H and O–H groups in total. The molecule has 0 saturated carbocycles. The summed E-state index contributed by atoms with van der Waals surface area (Å²) in [6.45, 7) is 1.01. The lowest BCUT2D eigenvalue weighted by atomic mass is 10.2. The Morgan fingerprint density at radius 2 is 1.77 bits per heavy atom. The summed E-state index contributed by atoms with van der Waals surface area (Å²) in [5.74, 6) is 0.602. The average molecular weight is 318 g/mol. The molecule has 1 heterocycles. The molecule has 1 aliphatic rings. The van der Waals surface area contributed by atoms with Crippen molar-refractivity contribution in [3.63, 3.8) is 0 Å². The van der Waals surface area contributed by atoms with Gasteiger partial charge < -0.3 is 4.74 Å². The smallest absolute Gasteiger partial charge is 0.304 e. The number of hydrogen-bond donors (Lipinski definition) is 0. The first-order chi connectivity index (χ1) is 10.6. The molecule has 116 valence electrons. The molecule has 0 saturated heterocycles. The minimum absolute atomic E-state index is 0.318. The van der Waals surface area contributed by atoms with Crippen molar-refractivity contribution in [3.05, 3.63) is 60.2 Å². The third kappa shape index (κ3) is 2.80. The van der Waals surface area contributed by atoms with E-state index < -0.39 is 10.2 Å². The number of hydrogen-bond acceptors (Lipinski definition) is 3. The lowest BCUT2D eigenvalue weighted by molar-refractivity contribution is 0.313. The predicted molar refractivity (Wildman–Crippen MR) is 86.1 cm³/mol. The number of para-hydroxylation sites is 2. The van der Waals surface area contributed by atoms with Crippen molar-refractivity contribution < 1.29 is 13.2 Å². The van der Waals surface area contributed by atoms with Crippen LogP contribution in [0.1, 0.15) is 5.56 Å². The van der Waals surface area contributed by atoms with E-state index in [9.17, 15) is 8.42 Å². The number of nitrogens with zero attached hydrogens (tertiary/aromatic N) is 2. The first-order valence-corrected chi connectivity index (χ1v) is 8.48. The molecule has 0 radical (unpaired) electrons. The van der Waals surface area contributed by atoms with Crippen LogP contribution in [0.15, 0.2) is 54.6 Å². The van der Waals surface area contributed by atoms with Crippen molar-refractivity contribution in [1.82, 2.24) is 4.31 Å². The summed E-state index contributed by atoms with van der Waals surface area (Å²) < 4.78 is 34.0. The van der Waals surface area contributed by atoms with Gasteiger partial charge in [-0.25, -0.2) is 0 Å². The molecule has 0 aromatic heterocycles. The fourth-order valence-electron chi connectivity index (χ4n) is 2.47. The molecule has 0 aliphatic carbocycles. The normalized spacial score (nSPS) is 14.5. The second-order valence-electron chi connectivity index (χ2n) is 5.14. The first kappa shape index (κ1) is 14.9. The van der Waals surface area contributed by atoms with Gasteiger partial charge in [0.25, 0.3) is 0 Å². The second-order valence-corrected chi connectivity index (χ2v) is 7.10. The summed E-state index contributed by atoms with van der Waals surface area (Å²) in [5, 5.41) is 0. The molecular weight excluding hydrogens is 300 g/mol. The van der Waals surface area contributed by atoms with Crippen LogP contribution in [0.4, 0.5) is 5.69 Å². The lowest BCUT2D eigenvalue weighted by Gasteiger charge is -2.33. The fourth-order valence-corrected chi connectivity index (χ4v) is 3.83. The number of anilines is 1. The second kappa shape index (κ2) is 5.98. The van der Waals surface area contributed by atoms with Gasteiger partial charge in [-0.1, -0.05) is 42.5 Å². The highest BCUT2D eigenvalue weighted by Gasteiger charge is 2.31. The highest BCUT2D eigenvalue weighted by Crippen LogP contribution is 2.33. The fraction of sp³-hybridized carbons (Fsp3) is 0.250. The molecule has 0 unspecified atom stereocenters. The predicted octanol–water partition coefficient (Wildman–Crippen LogP) is 2.26. The Hall–Kier alpha value is -2.05. The Kier molecular flexibility index (Phi) is 4.04. The summed E-state index contributed by atoms with van der Waals surface area (Å²) in [6, 6.07) is 16.8. The molecule has 3 rings (SSSR count). The first-order valence-electron chi connectivity index (χ1n) is 7.09. The van der Waals surface area contributed by atoms with Gasteiger partial charge in [0.05, 0.1) is 12.2 Å². The number of benzene rings is 2. The summed E-state index contributed by atoms with van der Waals surface area (Å²) >= 11 is 0. The van der Waals surface area contributed by atoms with Crippen LogP contribution in [0.2, 0.25) is 0 Å². The summed E-state index contributed by atoms with van der Waals surface area (Å²) in [5.41, 5.74) is 1.55.